The fraction of sp³-hybridized carbons (Fsp3) is 0.0833. The second-order valence-electron chi connectivity index (χ2n) is 6.11. The van der Waals surface area contributed by atoms with Gasteiger partial charge in [-0.1, -0.05) is 36.4 Å². The van der Waals surface area contributed by atoms with Crippen LogP contribution in [-0.4, -0.2) is 14.2 Å². The summed E-state index contributed by atoms with van der Waals surface area (Å²) in [6, 6.07) is 31.8. The fourth-order valence-corrected chi connectivity index (χ4v) is 5.49. The third-order valence-corrected chi connectivity index (χ3v) is 6.82. The van der Waals surface area contributed by atoms with Crippen LogP contribution in [-0.2, 0) is 10.9 Å². The van der Waals surface area contributed by atoms with Gasteiger partial charge in [-0.2, -0.15) is 0 Å². The Morgan fingerprint density at radius 1 is 0.593 bits per heavy atom. The van der Waals surface area contributed by atoms with Crippen molar-refractivity contribution in [1.29, 1.82) is 0 Å². The molecule has 3 heteroatoms. The van der Waals surface area contributed by atoms with Gasteiger partial charge in [-0.25, -0.2) is 0 Å². The number of fused-ring (bicyclic) bond motifs is 1. The molecule has 2 nitrogen and oxygen atoms in total. The zero-order valence-corrected chi connectivity index (χ0v) is 16.2. The van der Waals surface area contributed by atoms with E-state index in [0.29, 0.717) is 0 Å². The van der Waals surface area contributed by atoms with Crippen molar-refractivity contribution < 1.29 is 9.47 Å². The maximum atomic E-state index is 5.61. The minimum absolute atomic E-state index is 0.221. The monoisotopic (exact) mass is 373 g/mol. The lowest BCUT2D eigenvalue weighted by Gasteiger charge is -2.13. The van der Waals surface area contributed by atoms with Gasteiger partial charge in [0.2, 0.25) is 0 Å². The number of rotatable bonds is 5. The van der Waals surface area contributed by atoms with Gasteiger partial charge in [-0.05, 0) is 54.6 Å². The third-order valence-electron chi connectivity index (χ3n) is 4.54. The van der Waals surface area contributed by atoms with Crippen molar-refractivity contribution in [2.45, 2.75) is 14.7 Å². The van der Waals surface area contributed by atoms with Crippen LogP contribution in [0.2, 0.25) is 0 Å². The van der Waals surface area contributed by atoms with E-state index in [1.54, 1.807) is 14.2 Å². The molecule has 0 radical (unpaired) electrons. The van der Waals surface area contributed by atoms with Crippen LogP contribution in [0.15, 0.2) is 106 Å². The molecule has 0 heterocycles. The minimum atomic E-state index is -0.221. The van der Waals surface area contributed by atoms with E-state index < -0.39 is 0 Å². The fourth-order valence-electron chi connectivity index (χ4n) is 3.26. The standard InChI is InChI=1S/C24H21O2S/c1-25-18-13-14-21-22(17-18)24(16-15-23(21)26-2)27(19-9-5-3-6-10-19)20-11-7-4-8-12-20/h3-17H,1-2H3/q+1. The summed E-state index contributed by atoms with van der Waals surface area (Å²) in [6.07, 6.45) is 0. The molecule has 4 aromatic rings. The zero-order chi connectivity index (χ0) is 18.6. The smallest absolute Gasteiger partial charge is 0.174 e. The first-order valence-electron chi connectivity index (χ1n) is 8.81. The Balaban J connectivity index is 2.01. The maximum absolute atomic E-state index is 5.61. The Labute approximate surface area is 162 Å². The summed E-state index contributed by atoms with van der Waals surface area (Å²) in [6.45, 7) is 0. The molecule has 0 bridgehead atoms. The van der Waals surface area contributed by atoms with Gasteiger partial charge in [-0.3, -0.25) is 0 Å². The molecule has 0 amide bonds. The summed E-state index contributed by atoms with van der Waals surface area (Å²) >= 11 is 0. The number of hydrogen-bond donors (Lipinski definition) is 0. The van der Waals surface area contributed by atoms with Crippen molar-refractivity contribution >= 4 is 21.7 Å². The molecule has 0 spiro atoms. The minimum Gasteiger partial charge on any atom is -0.497 e. The average molecular weight is 373 g/mol. The predicted octanol–water partition coefficient (Wildman–Crippen LogP) is 5.95. The van der Waals surface area contributed by atoms with Crippen LogP contribution in [0.5, 0.6) is 11.5 Å². The maximum Gasteiger partial charge on any atom is 0.174 e. The Kier molecular flexibility index (Phi) is 5.03. The van der Waals surface area contributed by atoms with Gasteiger partial charge in [0.25, 0.3) is 0 Å². The topological polar surface area (TPSA) is 18.5 Å². The van der Waals surface area contributed by atoms with E-state index in [4.69, 9.17) is 9.47 Å². The lowest BCUT2D eigenvalue weighted by Crippen LogP contribution is -2.06. The van der Waals surface area contributed by atoms with E-state index >= 15 is 0 Å². The van der Waals surface area contributed by atoms with Gasteiger partial charge in [0.1, 0.15) is 11.5 Å². The van der Waals surface area contributed by atoms with Crippen LogP contribution in [0.25, 0.3) is 10.8 Å². The largest absolute Gasteiger partial charge is 0.497 e. The van der Waals surface area contributed by atoms with Crippen LogP contribution in [0, 0.1) is 0 Å². The number of benzene rings is 4. The van der Waals surface area contributed by atoms with E-state index in [1.165, 1.54) is 14.7 Å². The number of methoxy groups -OCH3 is 2. The molecular formula is C24H21O2S+. The highest BCUT2D eigenvalue weighted by Gasteiger charge is 2.31. The van der Waals surface area contributed by atoms with Crippen molar-refractivity contribution in [2.24, 2.45) is 0 Å². The van der Waals surface area contributed by atoms with Gasteiger partial charge in [0.15, 0.2) is 14.7 Å². The van der Waals surface area contributed by atoms with Gasteiger partial charge < -0.3 is 9.47 Å². The lowest BCUT2D eigenvalue weighted by atomic mass is 10.1. The van der Waals surface area contributed by atoms with Crippen LogP contribution in [0.3, 0.4) is 0 Å². The molecule has 0 unspecified atom stereocenters. The summed E-state index contributed by atoms with van der Waals surface area (Å²) in [5, 5.41) is 2.25. The van der Waals surface area contributed by atoms with Crippen LogP contribution in [0.1, 0.15) is 0 Å². The normalized spacial score (nSPS) is 10.9. The van der Waals surface area contributed by atoms with Crippen molar-refractivity contribution in [3.05, 3.63) is 91.0 Å². The third kappa shape index (κ3) is 3.38. The van der Waals surface area contributed by atoms with Crippen molar-refractivity contribution in [1.82, 2.24) is 0 Å². The molecular weight excluding hydrogens is 352 g/mol. The summed E-state index contributed by atoms with van der Waals surface area (Å²) < 4.78 is 11.1. The van der Waals surface area contributed by atoms with E-state index in [1.807, 2.05) is 6.07 Å². The molecule has 0 fully saturated rings. The first-order chi connectivity index (χ1) is 13.3. The quantitative estimate of drug-likeness (QED) is 0.402. The highest BCUT2D eigenvalue weighted by molar-refractivity contribution is 7.97. The van der Waals surface area contributed by atoms with Gasteiger partial charge in [0.05, 0.1) is 25.1 Å². The van der Waals surface area contributed by atoms with Crippen LogP contribution < -0.4 is 9.47 Å². The Morgan fingerprint density at radius 3 is 1.78 bits per heavy atom. The van der Waals surface area contributed by atoms with E-state index in [0.717, 1.165) is 22.3 Å². The Morgan fingerprint density at radius 2 is 1.22 bits per heavy atom. The molecule has 134 valence electrons. The van der Waals surface area contributed by atoms with Gasteiger partial charge in [-0.15, -0.1) is 0 Å². The molecule has 0 saturated heterocycles. The predicted molar refractivity (Wildman–Crippen MR) is 112 cm³/mol. The van der Waals surface area contributed by atoms with Gasteiger partial charge >= 0.3 is 0 Å². The molecule has 0 aliphatic carbocycles. The van der Waals surface area contributed by atoms with Crippen LogP contribution in [0.4, 0.5) is 0 Å². The summed E-state index contributed by atoms with van der Waals surface area (Å²) in [7, 11) is 3.20. The van der Waals surface area contributed by atoms with Crippen molar-refractivity contribution in [3.8, 4) is 11.5 Å². The van der Waals surface area contributed by atoms with E-state index in [-0.39, 0.29) is 10.9 Å². The van der Waals surface area contributed by atoms with Crippen LogP contribution >= 0.6 is 0 Å². The highest BCUT2D eigenvalue weighted by Crippen LogP contribution is 2.39. The van der Waals surface area contributed by atoms with Crippen molar-refractivity contribution in [2.75, 3.05) is 14.2 Å². The van der Waals surface area contributed by atoms with Gasteiger partial charge in [0, 0.05) is 10.8 Å². The molecule has 4 aromatic carbocycles. The average Bonchev–Trinajstić information content (AvgIpc) is 2.75. The lowest BCUT2D eigenvalue weighted by molar-refractivity contribution is 0.414. The Hall–Kier alpha value is -2.91. The SMILES string of the molecule is COc1ccc2c(OC)ccc([S+](c3ccccc3)c3ccccc3)c2c1. The number of hydrogen-bond acceptors (Lipinski definition) is 2. The first kappa shape index (κ1) is 17.5. The molecule has 0 saturated carbocycles. The molecule has 0 N–H and O–H groups in total. The Bertz CT molecular complexity index is 1010. The summed E-state index contributed by atoms with van der Waals surface area (Å²) in [5.41, 5.74) is 0. The second kappa shape index (κ2) is 7.77. The first-order valence-corrected chi connectivity index (χ1v) is 10.0. The van der Waals surface area contributed by atoms with Crippen molar-refractivity contribution in [3.63, 3.8) is 0 Å². The zero-order valence-electron chi connectivity index (χ0n) is 15.4. The molecule has 0 atom stereocenters. The summed E-state index contributed by atoms with van der Waals surface area (Å²) in [5.74, 6) is 1.72. The molecule has 0 aliphatic heterocycles. The number of ether oxygens (including phenoxy) is 2. The molecule has 27 heavy (non-hydrogen) atoms. The van der Waals surface area contributed by atoms with E-state index in [2.05, 4.69) is 84.9 Å². The molecule has 0 aliphatic rings. The molecule has 0 aromatic heterocycles. The second-order valence-corrected chi connectivity index (χ2v) is 8.10. The highest BCUT2D eigenvalue weighted by atomic mass is 32.2. The summed E-state index contributed by atoms with van der Waals surface area (Å²) in [4.78, 5) is 3.85. The van der Waals surface area contributed by atoms with E-state index in [9.17, 15) is 0 Å². The molecule has 4 rings (SSSR count).